The number of rotatable bonds is 5. The minimum Gasteiger partial charge on any atom is -0.382 e. The summed E-state index contributed by atoms with van der Waals surface area (Å²) in [4.78, 5) is 9.50. The number of nitrogens with zero attached hydrogens (tertiary/aromatic N) is 3. The number of anilines is 1. The number of imidazole rings is 1. The molecule has 2 aromatic heterocycles. The number of aromatic nitrogens is 3. The standard InChI is InChI=1S/C22H23N5/c23-12-15-7-9-16(10-8-15)13-27-19(11-14-5-6-14)26-20-21(27)17-3-1-2-4-18(17)25-22(20)24/h1-4,7-10,14H,5-6,11-13,23H2,(H2,24,25). The Morgan fingerprint density at radius 1 is 0.963 bits per heavy atom. The third kappa shape index (κ3) is 2.94. The predicted molar refractivity (Wildman–Crippen MR) is 109 cm³/mol. The van der Waals surface area contributed by atoms with Gasteiger partial charge < -0.3 is 16.0 Å². The number of fused-ring (bicyclic) bond motifs is 3. The normalized spacial score (nSPS) is 14.3. The molecule has 1 fully saturated rings. The maximum absolute atomic E-state index is 6.28. The van der Waals surface area contributed by atoms with Crippen LogP contribution in [-0.4, -0.2) is 14.5 Å². The minimum atomic E-state index is 0.512. The van der Waals surface area contributed by atoms with Gasteiger partial charge in [0.05, 0.1) is 11.0 Å². The Balaban J connectivity index is 1.71. The molecule has 5 heteroatoms. The van der Waals surface area contributed by atoms with E-state index < -0.39 is 0 Å². The van der Waals surface area contributed by atoms with Gasteiger partial charge in [-0.05, 0) is 36.0 Å². The zero-order valence-electron chi connectivity index (χ0n) is 15.2. The van der Waals surface area contributed by atoms with Gasteiger partial charge in [-0.15, -0.1) is 0 Å². The number of nitrogen functional groups attached to an aromatic ring is 1. The quantitative estimate of drug-likeness (QED) is 0.571. The highest BCUT2D eigenvalue weighted by atomic mass is 15.1. The fourth-order valence-corrected chi connectivity index (χ4v) is 3.77. The molecule has 4 aromatic rings. The monoisotopic (exact) mass is 357 g/mol. The van der Waals surface area contributed by atoms with Crippen LogP contribution in [-0.2, 0) is 19.5 Å². The van der Waals surface area contributed by atoms with Crippen LogP contribution >= 0.6 is 0 Å². The molecule has 5 rings (SSSR count). The number of para-hydroxylation sites is 1. The first-order valence-electron chi connectivity index (χ1n) is 9.54. The molecule has 0 atom stereocenters. The highest BCUT2D eigenvalue weighted by Gasteiger charge is 2.26. The van der Waals surface area contributed by atoms with Gasteiger partial charge in [-0.1, -0.05) is 42.5 Å². The summed E-state index contributed by atoms with van der Waals surface area (Å²) in [6, 6.07) is 16.7. The first-order valence-corrected chi connectivity index (χ1v) is 9.54. The van der Waals surface area contributed by atoms with E-state index in [4.69, 9.17) is 16.5 Å². The Hall–Kier alpha value is -2.92. The minimum absolute atomic E-state index is 0.512. The third-order valence-corrected chi connectivity index (χ3v) is 5.46. The fourth-order valence-electron chi connectivity index (χ4n) is 3.77. The van der Waals surface area contributed by atoms with Gasteiger partial charge in [0.25, 0.3) is 0 Å². The first-order chi connectivity index (χ1) is 13.2. The average Bonchev–Trinajstić information content (AvgIpc) is 3.44. The summed E-state index contributed by atoms with van der Waals surface area (Å²) >= 11 is 0. The van der Waals surface area contributed by atoms with Crippen molar-refractivity contribution in [1.29, 1.82) is 0 Å². The van der Waals surface area contributed by atoms with Crippen LogP contribution in [0.3, 0.4) is 0 Å². The number of nitrogens with two attached hydrogens (primary N) is 2. The van der Waals surface area contributed by atoms with Gasteiger partial charge in [-0.2, -0.15) is 0 Å². The molecule has 136 valence electrons. The Kier molecular flexibility index (Phi) is 3.83. The van der Waals surface area contributed by atoms with E-state index in [9.17, 15) is 0 Å². The van der Waals surface area contributed by atoms with Gasteiger partial charge in [0, 0.05) is 24.9 Å². The van der Waals surface area contributed by atoms with Crippen LogP contribution in [0.4, 0.5) is 5.82 Å². The molecule has 27 heavy (non-hydrogen) atoms. The molecule has 0 spiro atoms. The zero-order valence-corrected chi connectivity index (χ0v) is 15.2. The van der Waals surface area contributed by atoms with Gasteiger partial charge in [0.2, 0.25) is 0 Å². The summed E-state index contributed by atoms with van der Waals surface area (Å²) < 4.78 is 2.34. The molecule has 0 amide bonds. The molecule has 5 nitrogen and oxygen atoms in total. The molecular weight excluding hydrogens is 334 g/mol. The van der Waals surface area contributed by atoms with Gasteiger partial charge in [-0.25, -0.2) is 9.97 Å². The van der Waals surface area contributed by atoms with Crippen molar-refractivity contribution in [2.45, 2.75) is 32.4 Å². The number of pyridine rings is 1. The van der Waals surface area contributed by atoms with Crippen LogP contribution in [0.25, 0.3) is 21.9 Å². The topological polar surface area (TPSA) is 82.8 Å². The summed E-state index contributed by atoms with van der Waals surface area (Å²) in [6.45, 7) is 1.34. The molecule has 2 aromatic carbocycles. The van der Waals surface area contributed by atoms with Gasteiger partial charge in [-0.3, -0.25) is 0 Å². The highest BCUT2D eigenvalue weighted by Crippen LogP contribution is 2.35. The van der Waals surface area contributed by atoms with Crippen molar-refractivity contribution in [2.24, 2.45) is 11.7 Å². The van der Waals surface area contributed by atoms with Gasteiger partial charge in [0.15, 0.2) is 5.82 Å². The second kappa shape index (κ2) is 6.35. The Labute approximate surface area is 158 Å². The molecule has 0 bridgehead atoms. The lowest BCUT2D eigenvalue weighted by Gasteiger charge is -2.11. The van der Waals surface area contributed by atoms with E-state index in [1.807, 2.05) is 18.2 Å². The van der Waals surface area contributed by atoms with Crippen molar-refractivity contribution in [2.75, 3.05) is 5.73 Å². The van der Waals surface area contributed by atoms with Crippen LogP contribution in [0, 0.1) is 5.92 Å². The summed E-state index contributed by atoms with van der Waals surface area (Å²) in [6.07, 6.45) is 3.59. The van der Waals surface area contributed by atoms with Crippen LogP contribution in [0.15, 0.2) is 48.5 Å². The molecule has 1 saturated carbocycles. The largest absolute Gasteiger partial charge is 0.382 e. The SMILES string of the molecule is NCc1ccc(Cn2c(CC3CC3)nc3c(N)nc4ccccc4c32)cc1. The van der Waals surface area contributed by atoms with E-state index in [0.29, 0.717) is 12.4 Å². The van der Waals surface area contributed by atoms with Crippen LogP contribution in [0.5, 0.6) is 0 Å². The zero-order chi connectivity index (χ0) is 18.4. The van der Waals surface area contributed by atoms with Crippen molar-refractivity contribution >= 4 is 27.8 Å². The molecule has 2 heterocycles. The summed E-state index contributed by atoms with van der Waals surface area (Å²) in [5, 5.41) is 1.11. The maximum Gasteiger partial charge on any atom is 0.152 e. The number of benzene rings is 2. The molecule has 0 radical (unpaired) electrons. The van der Waals surface area contributed by atoms with Crippen LogP contribution in [0.1, 0.15) is 29.8 Å². The van der Waals surface area contributed by atoms with E-state index >= 15 is 0 Å². The van der Waals surface area contributed by atoms with Crippen molar-refractivity contribution in [3.8, 4) is 0 Å². The molecule has 4 N–H and O–H groups in total. The molecule has 1 aliphatic carbocycles. The number of hydrogen-bond acceptors (Lipinski definition) is 4. The molecule has 0 unspecified atom stereocenters. The summed E-state index contributed by atoms with van der Waals surface area (Å²) in [7, 11) is 0. The molecular formula is C22H23N5. The lowest BCUT2D eigenvalue weighted by atomic mass is 10.1. The molecule has 1 aliphatic rings. The second-order valence-electron chi connectivity index (χ2n) is 7.49. The molecule has 0 aliphatic heterocycles. The van der Waals surface area contributed by atoms with Gasteiger partial charge >= 0.3 is 0 Å². The fraction of sp³-hybridized carbons (Fsp3) is 0.273. The highest BCUT2D eigenvalue weighted by molar-refractivity contribution is 6.06. The summed E-state index contributed by atoms with van der Waals surface area (Å²) in [5.41, 5.74) is 17.2. The van der Waals surface area contributed by atoms with Crippen molar-refractivity contribution < 1.29 is 0 Å². The molecule has 0 saturated heterocycles. The van der Waals surface area contributed by atoms with Crippen molar-refractivity contribution in [3.63, 3.8) is 0 Å². The van der Waals surface area contributed by atoms with Crippen LogP contribution < -0.4 is 11.5 Å². The van der Waals surface area contributed by atoms with Crippen molar-refractivity contribution in [1.82, 2.24) is 14.5 Å². The first kappa shape index (κ1) is 16.3. The number of hydrogen-bond donors (Lipinski definition) is 2. The lowest BCUT2D eigenvalue weighted by molar-refractivity contribution is 0.692. The van der Waals surface area contributed by atoms with E-state index in [1.54, 1.807) is 0 Å². The van der Waals surface area contributed by atoms with Gasteiger partial charge in [0.1, 0.15) is 11.3 Å². The smallest absolute Gasteiger partial charge is 0.152 e. The summed E-state index contributed by atoms with van der Waals surface area (Å²) in [5.74, 6) is 2.37. The second-order valence-corrected chi connectivity index (χ2v) is 7.49. The van der Waals surface area contributed by atoms with Crippen LogP contribution in [0.2, 0.25) is 0 Å². The van der Waals surface area contributed by atoms with E-state index in [0.717, 1.165) is 52.2 Å². The Bertz CT molecular complexity index is 1120. The lowest BCUT2D eigenvalue weighted by Crippen LogP contribution is -2.07. The Morgan fingerprint density at radius 3 is 2.44 bits per heavy atom. The van der Waals surface area contributed by atoms with E-state index in [-0.39, 0.29) is 0 Å². The average molecular weight is 357 g/mol. The van der Waals surface area contributed by atoms with E-state index in [2.05, 4.69) is 39.9 Å². The predicted octanol–water partition coefficient (Wildman–Crippen LogP) is 3.63. The van der Waals surface area contributed by atoms with E-state index in [1.165, 1.54) is 18.4 Å². The Morgan fingerprint density at radius 2 is 1.70 bits per heavy atom. The van der Waals surface area contributed by atoms with Crippen molar-refractivity contribution in [3.05, 3.63) is 65.5 Å². The maximum atomic E-state index is 6.28. The third-order valence-electron chi connectivity index (χ3n) is 5.46.